The van der Waals surface area contributed by atoms with Gasteiger partial charge in [-0.05, 0) is 28.1 Å². The first-order valence-corrected chi connectivity index (χ1v) is 11.0. The molecule has 2 fully saturated rings. The van der Waals surface area contributed by atoms with Crippen LogP contribution in [0.1, 0.15) is 35.5 Å². The highest BCUT2D eigenvalue weighted by atomic mass is 79.9. The molecule has 2 unspecified atom stereocenters. The van der Waals surface area contributed by atoms with E-state index in [9.17, 15) is 5.11 Å². The molecule has 5 rings (SSSR count). The lowest BCUT2D eigenvalue weighted by Crippen LogP contribution is -2.56. The van der Waals surface area contributed by atoms with Gasteiger partial charge in [0.05, 0.1) is 12.3 Å². The van der Waals surface area contributed by atoms with E-state index in [4.69, 9.17) is 18.9 Å². The third-order valence-electron chi connectivity index (χ3n) is 5.46. The van der Waals surface area contributed by atoms with Gasteiger partial charge in [-0.2, -0.15) is 0 Å². The van der Waals surface area contributed by atoms with E-state index in [1.165, 1.54) is 0 Å². The summed E-state index contributed by atoms with van der Waals surface area (Å²) in [4.78, 5) is 4.42. The number of pyridine rings is 1. The number of fused-ring (bicyclic) bond motifs is 1. The predicted molar refractivity (Wildman–Crippen MR) is 116 cm³/mol. The van der Waals surface area contributed by atoms with E-state index in [0.29, 0.717) is 16.9 Å². The SMILES string of the molecule is O[C@H](c1cccc(Br)n1)[C@@H]1OC(c2ccccc2)O[C@@H]2COC(c3ccccc3)O[C@@H]12. The molecule has 0 bridgehead atoms. The number of hydrogen-bond donors (Lipinski definition) is 1. The van der Waals surface area contributed by atoms with E-state index in [0.717, 1.165) is 11.1 Å². The molecule has 0 amide bonds. The molecule has 0 radical (unpaired) electrons. The van der Waals surface area contributed by atoms with Crippen molar-refractivity contribution in [3.8, 4) is 0 Å². The Morgan fingerprint density at radius 1 is 0.806 bits per heavy atom. The van der Waals surface area contributed by atoms with Crippen molar-refractivity contribution in [2.75, 3.05) is 6.61 Å². The fourth-order valence-electron chi connectivity index (χ4n) is 3.93. The topological polar surface area (TPSA) is 70.0 Å². The van der Waals surface area contributed by atoms with Gasteiger partial charge in [-0.25, -0.2) is 4.98 Å². The molecule has 6 nitrogen and oxygen atoms in total. The number of aromatic nitrogens is 1. The van der Waals surface area contributed by atoms with Gasteiger partial charge >= 0.3 is 0 Å². The highest BCUT2D eigenvalue weighted by Crippen LogP contribution is 2.41. The Morgan fingerprint density at radius 3 is 2.16 bits per heavy atom. The van der Waals surface area contributed by atoms with Crippen molar-refractivity contribution in [2.24, 2.45) is 0 Å². The van der Waals surface area contributed by atoms with Crippen LogP contribution in [0.5, 0.6) is 0 Å². The Hall–Kier alpha value is -2.13. The minimum atomic E-state index is -1.00. The van der Waals surface area contributed by atoms with Gasteiger partial charge in [0.2, 0.25) is 0 Å². The summed E-state index contributed by atoms with van der Waals surface area (Å²) in [6.07, 6.45) is -3.83. The largest absolute Gasteiger partial charge is 0.384 e. The van der Waals surface area contributed by atoms with Gasteiger partial charge in [0.25, 0.3) is 0 Å². The average molecular weight is 484 g/mol. The normalized spacial score (nSPS) is 29.2. The van der Waals surface area contributed by atoms with E-state index in [1.807, 2.05) is 72.8 Å². The third kappa shape index (κ3) is 4.43. The van der Waals surface area contributed by atoms with Crippen LogP contribution in [-0.2, 0) is 18.9 Å². The number of nitrogens with zero attached hydrogens (tertiary/aromatic N) is 1. The van der Waals surface area contributed by atoms with Crippen LogP contribution in [0, 0.1) is 0 Å². The fraction of sp³-hybridized carbons (Fsp3) is 0.292. The van der Waals surface area contributed by atoms with Gasteiger partial charge in [-0.1, -0.05) is 66.7 Å². The van der Waals surface area contributed by atoms with Crippen molar-refractivity contribution in [3.63, 3.8) is 0 Å². The Balaban J connectivity index is 1.45. The first kappa shape index (κ1) is 20.8. The van der Waals surface area contributed by atoms with Gasteiger partial charge in [0.1, 0.15) is 29.0 Å². The lowest BCUT2D eigenvalue weighted by atomic mass is 9.97. The van der Waals surface area contributed by atoms with Gasteiger partial charge in [-0.15, -0.1) is 0 Å². The van der Waals surface area contributed by atoms with Crippen LogP contribution < -0.4 is 0 Å². The number of aliphatic hydroxyl groups excluding tert-OH is 1. The van der Waals surface area contributed by atoms with Crippen LogP contribution in [-0.4, -0.2) is 35.0 Å². The van der Waals surface area contributed by atoms with Crippen molar-refractivity contribution in [1.82, 2.24) is 4.98 Å². The highest BCUT2D eigenvalue weighted by Gasteiger charge is 2.48. The number of rotatable bonds is 4. The van der Waals surface area contributed by atoms with Crippen molar-refractivity contribution in [1.29, 1.82) is 0 Å². The van der Waals surface area contributed by atoms with Crippen LogP contribution >= 0.6 is 15.9 Å². The molecule has 3 heterocycles. The molecule has 7 heteroatoms. The molecule has 3 aromatic rings. The summed E-state index contributed by atoms with van der Waals surface area (Å²) in [6.45, 7) is 0.325. The molecule has 2 saturated heterocycles. The lowest BCUT2D eigenvalue weighted by Gasteiger charge is -2.47. The van der Waals surface area contributed by atoms with Crippen LogP contribution in [0.3, 0.4) is 0 Å². The summed E-state index contributed by atoms with van der Waals surface area (Å²) in [5.74, 6) is 0. The Bertz CT molecular complexity index is 1010. The maximum absolute atomic E-state index is 11.2. The predicted octanol–water partition coefficient (Wildman–Crippen LogP) is 4.47. The molecule has 2 aliphatic rings. The van der Waals surface area contributed by atoms with Gasteiger partial charge < -0.3 is 24.1 Å². The zero-order chi connectivity index (χ0) is 21.2. The Labute approximate surface area is 188 Å². The molecule has 0 saturated carbocycles. The first-order valence-electron chi connectivity index (χ1n) is 10.2. The second-order valence-corrected chi connectivity index (χ2v) is 8.34. The molecule has 31 heavy (non-hydrogen) atoms. The molecule has 160 valence electrons. The van der Waals surface area contributed by atoms with Crippen molar-refractivity contribution < 1.29 is 24.1 Å². The van der Waals surface area contributed by atoms with Crippen LogP contribution in [0.25, 0.3) is 0 Å². The minimum Gasteiger partial charge on any atom is -0.384 e. The minimum absolute atomic E-state index is 0.325. The first-order chi connectivity index (χ1) is 15.2. The molecule has 2 aromatic carbocycles. The second kappa shape index (κ2) is 9.16. The summed E-state index contributed by atoms with van der Waals surface area (Å²) < 4.78 is 25.3. The Morgan fingerprint density at radius 2 is 1.48 bits per heavy atom. The van der Waals surface area contributed by atoms with Crippen molar-refractivity contribution >= 4 is 15.9 Å². The highest BCUT2D eigenvalue weighted by molar-refractivity contribution is 9.10. The maximum atomic E-state index is 11.2. The van der Waals surface area contributed by atoms with E-state index in [-0.39, 0.29) is 0 Å². The van der Waals surface area contributed by atoms with Crippen molar-refractivity contribution in [2.45, 2.75) is 37.0 Å². The van der Waals surface area contributed by atoms with E-state index >= 15 is 0 Å². The van der Waals surface area contributed by atoms with E-state index < -0.39 is 37.0 Å². The van der Waals surface area contributed by atoms with Gasteiger partial charge in [-0.3, -0.25) is 0 Å². The molecule has 0 aliphatic carbocycles. The maximum Gasteiger partial charge on any atom is 0.184 e. The zero-order valence-electron chi connectivity index (χ0n) is 16.6. The van der Waals surface area contributed by atoms with Crippen molar-refractivity contribution in [3.05, 3.63) is 100 Å². The Kier molecular flexibility index (Phi) is 6.13. The quantitative estimate of drug-likeness (QED) is 0.551. The molecule has 1 N–H and O–H groups in total. The van der Waals surface area contributed by atoms with E-state index in [1.54, 1.807) is 6.07 Å². The third-order valence-corrected chi connectivity index (χ3v) is 5.90. The van der Waals surface area contributed by atoms with Crippen LogP contribution in [0.15, 0.2) is 83.5 Å². The molecule has 1 aromatic heterocycles. The van der Waals surface area contributed by atoms with Crippen LogP contribution in [0.2, 0.25) is 0 Å². The molecule has 2 aliphatic heterocycles. The standard InChI is InChI=1S/C24H22BrNO5/c25-19-13-7-12-17(26-19)20(27)22-21-18(29-24(31-22)16-10-5-2-6-11-16)14-28-23(30-21)15-8-3-1-4-9-15/h1-13,18,20-24,27H,14H2/t18-,20-,21-,22+,23?,24?/m1/s1. The number of halogens is 1. The van der Waals surface area contributed by atoms with Gasteiger partial charge in [0, 0.05) is 11.1 Å². The van der Waals surface area contributed by atoms with Crippen LogP contribution in [0.4, 0.5) is 0 Å². The summed E-state index contributed by atoms with van der Waals surface area (Å²) in [5, 5.41) is 11.2. The second-order valence-electron chi connectivity index (χ2n) is 7.52. The average Bonchev–Trinajstić information content (AvgIpc) is 2.83. The monoisotopic (exact) mass is 483 g/mol. The summed E-state index contributed by atoms with van der Waals surface area (Å²) in [5.41, 5.74) is 2.27. The number of ether oxygens (including phenoxy) is 4. The summed E-state index contributed by atoms with van der Waals surface area (Å²) >= 11 is 3.37. The molecule has 6 atom stereocenters. The smallest absolute Gasteiger partial charge is 0.184 e. The summed E-state index contributed by atoms with van der Waals surface area (Å²) in [6, 6.07) is 24.8. The molecule has 0 spiro atoms. The number of hydrogen-bond acceptors (Lipinski definition) is 6. The lowest BCUT2D eigenvalue weighted by molar-refractivity contribution is -0.373. The number of aliphatic hydroxyl groups is 1. The van der Waals surface area contributed by atoms with Gasteiger partial charge in [0.15, 0.2) is 12.6 Å². The number of benzene rings is 2. The molecular formula is C24H22BrNO5. The fourth-order valence-corrected chi connectivity index (χ4v) is 4.28. The van der Waals surface area contributed by atoms with E-state index in [2.05, 4.69) is 20.9 Å². The molecular weight excluding hydrogens is 462 g/mol. The zero-order valence-corrected chi connectivity index (χ0v) is 18.2. The summed E-state index contributed by atoms with van der Waals surface area (Å²) in [7, 11) is 0.